The summed E-state index contributed by atoms with van der Waals surface area (Å²) in [5.74, 6) is 1.01. The van der Waals surface area contributed by atoms with Gasteiger partial charge in [-0.2, -0.15) is 5.10 Å². The van der Waals surface area contributed by atoms with Crippen LogP contribution in [-0.4, -0.2) is 65.1 Å². The largest absolute Gasteiger partial charge is 0.457 e. The summed E-state index contributed by atoms with van der Waals surface area (Å²) < 4.78 is 7.59. The quantitative estimate of drug-likeness (QED) is 0.470. The van der Waals surface area contributed by atoms with Crippen LogP contribution in [-0.2, 0) is 4.79 Å². The van der Waals surface area contributed by atoms with E-state index in [9.17, 15) is 9.59 Å². The molecule has 0 aliphatic carbocycles. The molecule has 3 aromatic rings. The fraction of sp³-hybridized carbons (Fsp3) is 0.296. The van der Waals surface area contributed by atoms with Crippen LogP contribution in [0.4, 0.5) is 5.82 Å². The standard InChI is InChI=1S/C27H32N6O3/c1-31(2)23(34)11-7-17-32-16-6-8-20(18-32)33-26(28)24(27(29)35)25(30-33)19-12-14-22(15-13-19)36-21-9-4-3-5-10-21/h3-5,7,9-15,20H,6,8,16-18,28H2,1-2H3,(H2,29,35)/b11-7+. The molecule has 9 nitrogen and oxygen atoms in total. The van der Waals surface area contributed by atoms with Crippen LogP contribution < -0.4 is 16.2 Å². The topological polar surface area (TPSA) is 120 Å². The van der Waals surface area contributed by atoms with Gasteiger partial charge in [-0.05, 0) is 55.8 Å². The van der Waals surface area contributed by atoms with Crippen LogP contribution >= 0.6 is 0 Å². The highest BCUT2D eigenvalue weighted by Crippen LogP contribution is 2.33. The van der Waals surface area contributed by atoms with Crippen LogP contribution in [0.25, 0.3) is 11.3 Å². The van der Waals surface area contributed by atoms with Crippen molar-refractivity contribution in [1.82, 2.24) is 19.6 Å². The SMILES string of the molecule is CN(C)C(=O)/C=C/CN1CCCC(n2nc(-c3ccc(Oc4ccccc4)cc3)c(C(N)=O)c2N)C1. The van der Waals surface area contributed by atoms with Gasteiger partial charge >= 0.3 is 0 Å². The predicted octanol–water partition coefficient (Wildman–Crippen LogP) is 3.30. The van der Waals surface area contributed by atoms with E-state index in [0.717, 1.165) is 30.7 Å². The zero-order valence-corrected chi connectivity index (χ0v) is 20.6. The minimum absolute atomic E-state index is 0.00997. The van der Waals surface area contributed by atoms with Crippen molar-refractivity contribution in [2.75, 3.05) is 39.5 Å². The molecule has 2 amide bonds. The summed E-state index contributed by atoms with van der Waals surface area (Å²) in [6.07, 6.45) is 5.28. The molecule has 1 atom stereocenters. The van der Waals surface area contributed by atoms with Crippen molar-refractivity contribution < 1.29 is 14.3 Å². The van der Waals surface area contributed by atoms with Gasteiger partial charge in [-0.1, -0.05) is 24.3 Å². The first kappa shape index (κ1) is 25.0. The maximum absolute atomic E-state index is 12.4. The number of nitrogen functional groups attached to an aromatic ring is 1. The number of likely N-dealkylation sites (tertiary alicyclic amines) is 1. The lowest BCUT2D eigenvalue weighted by molar-refractivity contribution is -0.123. The average molecular weight is 489 g/mol. The highest BCUT2D eigenvalue weighted by molar-refractivity contribution is 6.03. The Kier molecular flexibility index (Phi) is 7.70. The lowest BCUT2D eigenvalue weighted by Gasteiger charge is -2.32. The number of hydrogen-bond acceptors (Lipinski definition) is 6. The molecule has 1 saturated heterocycles. The van der Waals surface area contributed by atoms with Crippen LogP contribution in [0.5, 0.6) is 11.5 Å². The number of para-hydroxylation sites is 1. The van der Waals surface area contributed by atoms with Crippen molar-refractivity contribution in [2.45, 2.75) is 18.9 Å². The van der Waals surface area contributed by atoms with E-state index in [1.165, 1.54) is 4.90 Å². The lowest BCUT2D eigenvalue weighted by Crippen LogP contribution is -2.37. The number of rotatable bonds is 8. The number of likely N-dealkylation sites (N-methyl/N-ethyl adjacent to an activating group) is 1. The molecule has 1 aromatic heterocycles. The third-order valence-corrected chi connectivity index (χ3v) is 6.19. The minimum atomic E-state index is -0.615. The number of piperidine rings is 1. The monoisotopic (exact) mass is 488 g/mol. The molecule has 0 spiro atoms. The lowest BCUT2D eigenvalue weighted by atomic mass is 10.1. The van der Waals surface area contributed by atoms with Gasteiger partial charge in [0.2, 0.25) is 5.91 Å². The number of ether oxygens (including phenoxy) is 1. The summed E-state index contributed by atoms with van der Waals surface area (Å²) in [5, 5.41) is 4.75. The Hall–Kier alpha value is -4.11. The van der Waals surface area contributed by atoms with Gasteiger partial charge in [0.25, 0.3) is 5.91 Å². The Morgan fingerprint density at radius 1 is 1.11 bits per heavy atom. The van der Waals surface area contributed by atoms with Gasteiger partial charge in [0.15, 0.2) is 0 Å². The fourth-order valence-electron chi connectivity index (χ4n) is 4.32. The van der Waals surface area contributed by atoms with E-state index in [0.29, 0.717) is 24.5 Å². The Balaban J connectivity index is 1.53. The third-order valence-electron chi connectivity index (χ3n) is 6.19. The van der Waals surface area contributed by atoms with Gasteiger partial charge in [0, 0.05) is 38.8 Å². The van der Waals surface area contributed by atoms with Crippen molar-refractivity contribution in [2.24, 2.45) is 5.73 Å². The number of nitrogens with zero attached hydrogens (tertiary/aromatic N) is 4. The number of amides is 2. The maximum atomic E-state index is 12.4. The molecule has 4 rings (SSSR count). The molecule has 2 heterocycles. The van der Waals surface area contributed by atoms with Gasteiger partial charge in [-0.25, -0.2) is 4.68 Å². The molecule has 36 heavy (non-hydrogen) atoms. The van der Waals surface area contributed by atoms with E-state index in [1.807, 2.05) is 60.7 Å². The van der Waals surface area contributed by atoms with Crippen LogP contribution in [0.2, 0.25) is 0 Å². The molecule has 4 N–H and O–H groups in total. The number of aromatic nitrogens is 2. The number of hydrogen-bond donors (Lipinski definition) is 2. The molecular formula is C27H32N6O3. The Bertz CT molecular complexity index is 1230. The van der Waals surface area contributed by atoms with E-state index < -0.39 is 5.91 Å². The number of anilines is 1. The summed E-state index contributed by atoms with van der Waals surface area (Å²) in [7, 11) is 3.45. The first-order chi connectivity index (χ1) is 17.3. The second-order valence-corrected chi connectivity index (χ2v) is 9.05. The number of nitrogens with two attached hydrogens (primary N) is 2. The van der Waals surface area contributed by atoms with Crippen molar-refractivity contribution in [3.8, 4) is 22.8 Å². The van der Waals surface area contributed by atoms with Crippen molar-refractivity contribution >= 4 is 17.6 Å². The summed E-state index contributed by atoms with van der Waals surface area (Å²) in [6.45, 7) is 2.26. The van der Waals surface area contributed by atoms with Crippen molar-refractivity contribution in [1.29, 1.82) is 0 Å². The second-order valence-electron chi connectivity index (χ2n) is 9.05. The number of carbonyl (C=O) groups is 2. The average Bonchev–Trinajstić information content (AvgIpc) is 3.22. The molecule has 0 saturated carbocycles. The highest BCUT2D eigenvalue weighted by Gasteiger charge is 2.28. The first-order valence-electron chi connectivity index (χ1n) is 11.9. The van der Waals surface area contributed by atoms with E-state index in [2.05, 4.69) is 4.90 Å². The zero-order chi connectivity index (χ0) is 25.7. The molecule has 2 aromatic carbocycles. The van der Waals surface area contributed by atoms with Gasteiger partial charge in [0.1, 0.15) is 28.6 Å². The second kappa shape index (κ2) is 11.1. The van der Waals surface area contributed by atoms with E-state index in [4.69, 9.17) is 21.3 Å². The van der Waals surface area contributed by atoms with Crippen LogP contribution in [0.15, 0.2) is 66.7 Å². The fourth-order valence-corrected chi connectivity index (χ4v) is 4.32. The summed E-state index contributed by atoms with van der Waals surface area (Å²) in [4.78, 5) is 27.9. The normalized spacial score (nSPS) is 16.2. The molecular weight excluding hydrogens is 456 g/mol. The molecule has 1 aliphatic rings. The van der Waals surface area contributed by atoms with Gasteiger partial charge in [-0.3, -0.25) is 14.5 Å². The van der Waals surface area contributed by atoms with Gasteiger partial charge in [-0.15, -0.1) is 0 Å². The number of benzene rings is 2. The van der Waals surface area contributed by atoms with Crippen LogP contribution in [0.3, 0.4) is 0 Å². The van der Waals surface area contributed by atoms with E-state index in [-0.39, 0.29) is 23.3 Å². The van der Waals surface area contributed by atoms with Gasteiger partial charge < -0.3 is 21.1 Å². The Morgan fingerprint density at radius 3 is 2.47 bits per heavy atom. The Labute approximate surface area is 210 Å². The third kappa shape index (κ3) is 5.75. The van der Waals surface area contributed by atoms with Crippen LogP contribution in [0.1, 0.15) is 29.2 Å². The van der Waals surface area contributed by atoms with Crippen molar-refractivity contribution in [3.63, 3.8) is 0 Å². The molecule has 1 fully saturated rings. The molecule has 188 valence electrons. The zero-order valence-electron chi connectivity index (χ0n) is 20.6. The molecule has 0 radical (unpaired) electrons. The predicted molar refractivity (Wildman–Crippen MR) is 140 cm³/mol. The molecule has 0 bridgehead atoms. The smallest absolute Gasteiger partial charge is 0.254 e. The molecule has 1 aliphatic heterocycles. The molecule has 1 unspecified atom stereocenters. The number of primary amides is 1. The van der Waals surface area contributed by atoms with Crippen molar-refractivity contribution in [3.05, 3.63) is 72.3 Å². The highest BCUT2D eigenvalue weighted by atomic mass is 16.5. The Morgan fingerprint density at radius 2 is 1.81 bits per heavy atom. The summed E-state index contributed by atoms with van der Waals surface area (Å²) in [6, 6.07) is 16.8. The number of carbonyl (C=O) groups excluding carboxylic acids is 2. The van der Waals surface area contributed by atoms with E-state index in [1.54, 1.807) is 24.9 Å². The maximum Gasteiger partial charge on any atom is 0.254 e. The minimum Gasteiger partial charge on any atom is -0.457 e. The first-order valence-corrected chi connectivity index (χ1v) is 11.9. The summed E-state index contributed by atoms with van der Waals surface area (Å²) in [5.41, 5.74) is 13.5. The molecule has 9 heteroatoms. The van der Waals surface area contributed by atoms with Gasteiger partial charge in [0.05, 0.1) is 6.04 Å². The van der Waals surface area contributed by atoms with E-state index >= 15 is 0 Å². The van der Waals surface area contributed by atoms with Crippen LogP contribution in [0, 0.1) is 0 Å². The summed E-state index contributed by atoms with van der Waals surface area (Å²) >= 11 is 0.